The summed E-state index contributed by atoms with van der Waals surface area (Å²) in [5.41, 5.74) is 0. The van der Waals surface area contributed by atoms with Gasteiger partial charge in [0.15, 0.2) is 0 Å². The lowest BCUT2D eigenvalue weighted by atomic mass is 10.2. The van der Waals surface area contributed by atoms with Crippen LogP contribution in [0.2, 0.25) is 0 Å². The number of amides is 1. The first-order valence-electron chi connectivity index (χ1n) is 6.57. The topological polar surface area (TPSA) is 23.6 Å². The van der Waals surface area contributed by atoms with E-state index in [1.807, 2.05) is 15.9 Å². The average Bonchev–Trinajstić information content (AvgIpc) is 2.55. The molecule has 2 heterocycles. The minimum Gasteiger partial charge on any atom is -0.339 e. The van der Waals surface area contributed by atoms with Crippen LogP contribution >= 0.6 is 0 Å². The van der Waals surface area contributed by atoms with Gasteiger partial charge in [0.1, 0.15) is 6.17 Å². The second kappa shape index (κ2) is 6.15. The van der Waals surface area contributed by atoms with Gasteiger partial charge in [-0.05, 0) is 12.8 Å². The summed E-state index contributed by atoms with van der Waals surface area (Å²) in [5, 5.41) is 0. The van der Waals surface area contributed by atoms with E-state index in [-0.39, 0.29) is 5.91 Å². The van der Waals surface area contributed by atoms with Gasteiger partial charge in [0.2, 0.25) is 5.91 Å². The molecule has 0 aromatic heterocycles. The van der Waals surface area contributed by atoms with E-state index in [9.17, 15) is 9.18 Å². The summed E-state index contributed by atoms with van der Waals surface area (Å²) in [6.45, 7) is 3.50. The van der Waals surface area contributed by atoms with Crippen LogP contribution in [0.15, 0.2) is 12.2 Å². The van der Waals surface area contributed by atoms with Crippen molar-refractivity contribution < 1.29 is 9.18 Å². The summed E-state index contributed by atoms with van der Waals surface area (Å²) in [5.74, 6) is 0.115. The monoisotopic (exact) mass is 240 g/mol. The standard InChI is InChI=1S/C13H21FN2O/c14-12-10-15(11-12)7-5-6-13(17)16-8-3-1-2-4-9-16/h5-6,12H,1-4,7-11H2/b6-5+. The molecule has 0 bridgehead atoms. The van der Waals surface area contributed by atoms with Crippen LogP contribution in [0.1, 0.15) is 25.7 Å². The third-order valence-corrected chi connectivity index (χ3v) is 3.45. The fourth-order valence-electron chi connectivity index (χ4n) is 2.35. The predicted octanol–water partition coefficient (Wildman–Crippen LogP) is 1.60. The molecule has 0 aliphatic carbocycles. The van der Waals surface area contributed by atoms with E-state index in [0.717, 1.165) is 25.9 Å². The van der Waals surface area contributed by atoms with Gasteiger partial charge in [-0.25, -0.2) is 4.39 Å². The van der Waals surface area contributed by atoms with E-state index in [1.165, 1.54) is 12.8 Å². The lowest BCUT2D eigenvalue weighted by molar-refractivity contribution is -0.126. The van der Waals surface area contributed by atoms with Crippen LogP contribution in [0.25, 0.3) is 0 Å². The average molecular weight is 240 g/mol. The Morgan fingerprint density at radius 2 is 1.82 bits per heavy atom. The van der Waals surface area contributed by atoms with Gasteiger partial charge in [-0.2, -0.15) is 0 Å². The Balaban J connectivity index is 1.69. The molecular formula is C13H21FN2O. The molecule has 4 heteroatoms. The number of nitrogens with zero attached hydrogens (tertiary/aromatic N) is 2. The number of alkyl halides is 1. The minimum absolute atomic E-state index is 0.115. The fourth-order valence-corrected chi connectivity index (χ4v) is 2.35. The van der Waals surface area contributed by atoms with E-state index in [1.54, 1.807) is 6.08 Å². The Morgan fingerprint density at radius 3 is 2.41 bits per heavy atom. The van der Waals surface area contributed by atoms with Crippen molar-refractivity contribution >= 4 is 5.91 Å². The molecule has 2 aliphatic heterocycles. The van der Waals surface area contributed by atoms with Gasteiger partial charge < -0.3 is 4.90 Å². The maximum Gasteiger partial charge on any atom is 0.246 e. The molecule has 1 amide bonds. The molecule has 0 unspecified atom stereocenters. The molecule has 0 radical (unpaired) electrons. The van der Waals surface area contributed by atoms with Crippen LogP contribution in [0.5, 0.6) is 0 Å². The van der Waals surface area contributed by atoms with Gasteiger partial charge in [0.05, 0.1) is 0 Å². The SMILES string of the molecule is O=C(/C=C/CN1CC(F)C1)N1CCCCCC1. The zero-order valence-electron chi connectivity index (χ0n) is 10.3. The molecule has 96 valence electrons. The van der Waals surface area contributed by atoms with Crippen molar-refractivity contribution in [2.45, 2.75) is 31.9 Å². The largest absolute Gasteiger partial charge is 0.339 e. The number of carbonyl (C=O) groups excluding carboxylic acids is 1. The second-order valence-electron chi connectivity index (χ2n) is 4.96. The Bertz CT molecular complexity index is 279. The number of rotatable bonds is 3. The first-order valence-corrected chi connectivity index (χ1v) is 6.57. The smallest absolute Gasteiger partial charge is 0.246 e. The van der Waals surface area contributed by atoms with E-state index in [2.05, 4.69) is 0 Å². The molecule has 0 aromatic rings. The number of halogens is 1. The second-order valence-corrected chi connectivity index (χ2v) is 4.96. The summed E-state index contributed by atoms with van der Waals surface area (Å²) < 4.78 is 12.5. The zero-order valence-corrected chi connectivity index (χ0v) is 10.3. The minimum atomic E-state index is -0.662. The van der Waals surface area contributed by atoms with Gasteiger partial charge in [-0.3, -0.25) is 9.69 Å². The first-order chi connectivity index (χ1) is 8.25. The number of hydrogen-bond donors (Lipinski definition) is 0. The lowest BCUT2D eigenvalue weighted by Gasteiger charge is -2.33. The van der Waals surface area contributed by atoms with Crippen LogP contribution in [0, 0.1) is 0 Å². The molecule has 0 spiro atoms. The summed E-state index contributed by atoms with van der Waals surface area (Å²) in [6, 6.07) is 0. The zero-order chi connectivity index (χ0) is 12.1. The highest BCUT2D eigenvalue weighted by molar-refractivity contribution is 5.87. The van der Waals surface area contributed by atoms with Crippen LogP contribution in [-0.2, 0) is 4.79 Å². The van der Waals surface area contributed by atoms with Crippen molar-refractivity contribution in [2.75, 3.05) is 32.7 Å². The summed E-state index contributed by atoms with van der Waals surface area (Å²) >= 11 is 0. The molecule has 2 rings (SSSR count). The first kappa shape index (κ1) is 12.6. The number of hydrogen-bond acceptors (Lipinski definition) is 2. The third kappa shape index (κ3) is 3.80. The van der Waals surface area contributed by atoms with Gasteiger partial charge in [0, 0.05) is 38.8 Å². The Morgan fingerprint density at radius 1 is 1.18 bits per heavy atom. The van der Waals surface area contributed by atoms with Crippen LogP contribution < -0.4 is 0 Å². The number of carbonyl (C=O) groups is 1. The Hall–Kier alpha value is -0.900. The highest BCUT2D eigenvalue weighted by atomic mass is 19.1. The maximum atomic E-state index is 12.5. The van der Waals surface area contributed by atoms with Crippen LogP contribution in [0.3, 0.4) is 0 Å². The fraction of sp³-hybridized carbons (Fsp3) is 0.769. The molecule has 2 aliphatic rings. The molecule has 2 fully saturated rings. The van der Waals surface area contributed by atoms with Crippen molar-refractivity contribution in [3.05, 3.63) is 12.2 Å². The van der Waals surface area contributed by atoms with Crippen molar-refractivity contribution in [1.82, 2.24) is 9.80 Å². The highest BCUT2D eigenvalue weighted by Gasteiger charge is 2.24. The number of likely N-dealkylation sites (tertiary alicyclic amines) is 2. The Kier molecular flexibility index (Phi) is 4.54. The van der Waals surface area contributed by atoms with Crippen LogP contribution in [-0.4, -0.2) is 54.6 Å². The molecule has 2 saturated heterocycles. The van der Waals surface area contributed by atoms with Gasteiger partial charge in [0.25, 0.3) is 0 Å². The van der Waals surface area contributed by atoms with Gasteiger partial charge in [-0.15, -0.1) is 0 Å². The third-order valence-electron chi connectivity index (χ3n) is 3.45. The summed E-state index contributed by atoms with van der Waals surface area (Å²) in [7, 11) is 0. The van der Waals surface area contributed by atoms with Crippen molar-refractivity contribution in [1.29, 1.82) is 0 Å². The predicted molar refractivity (Wildman–Crippen MR) is 65.5 cm³/mol. The summed E-state index contributed by atoms with van der Waals surface area (Å²) in [4.78, 5) is 15.8. The quantitative estimate of drug-likeness (QED) is 0.700. The molecule has 0 N–H and O–H groups in total. The molecule has 3 nitrogen and oxygen atoms in total. The van der Waals surface area contributed by atoms with Gasteiger partial charge >= 0.3 is 0 Å². The Labute approximate surface area is 102 Å². The van der Waals surface area contributed by atoms with Crippen molar-refractivity contribution in [3.63, 3.8) is 0 Å². The lowest BCUT2D eigenvalue weighted by Crippen LogP contribution is -2.48. The molecule has 0 aromatic carbocycles. The van der Waals surface area contributed by atoms with E-state index < -0.39 is 6.17 Å². The van der Waals surface area contributed by atoms with Crippen molar-refractivity contribution in [3.8, 4) is 0 Å². The maximum absolute atomic E-state index is 12.5. The van der Waals surface area contributed by atoms with Gasteiger partial charge in [-0.1, -0.05) is 18.9 Å². The molecular weight excluding hydrogens is 219 g/mol. The summed E-state index contributed by atoms with van der Waals surface area (Å²) in [6.07, 6.45) is 7.56. The van der Waals surface area contributed by atoms with E-state index >= 15 is 0 Å². The molecule has 0 saturated carbocycles. The molecule has 17 heavy (non-hydrogen) atoms. The van der Waals surface area contributed by atoms with E-state index in [4.69, 9.17) is 0 Å². The van der Waals surface area contributed by atoms with Crippen molar-refractivity contribution in [2.24, 2.45) is 0 Å². The van der Waals surface area contributed by atoms with E-state index in [0.29, 0.717) is 19.6 Å². The molecule has 0 atom stereocenters. The van der Waals surface area contributed by atoms with Crippen LogP contribution in [0.4, 0.5) is 4.39 Å². The normalized spacial score (nSPS) is 23.7. The highest BCUT2D eigenvalue weighted by Crippen LogP contribution is 2.11.